The minimum Gasteiger partial charge on any atom is -0.387 e. The van der Waals surface area contributed by atoms with E-state index in [2.05, 4.69) is 13.6 Å². The Hall–Kier alpha value is 5.21. The summed E-state index contributed by atoms with van der Waals surface area (Å²) < 4.78 is 45.0. The molecule has 23 heteroatoms. The maximum atomic E-state index is 11.0. The molecule has 144 valence electrons. The summed E-state index contributed by atoms with van der Waals surface area (Å²) in [5.74, 6) is 0. The molecule has 6 atom stereocenters. The largest absolute Gasteiger partial charge is 1.00 e. The SMILES string of the molecule is O=P(O)(O)OC1[C@@H](OP(=O)(O)O)[C@H](O)C(O)[C@H](O)[C@H]1OP(=O)(O)O.[Na+].[Na+].[Na+].[Na+].[Na+]. The second-order valence-corrected chi connectivity index (χ2v) is 8.23. The van der Waals surface area contributed by atoms with Crippen molar-refractivity contribution in [1.82, 2.24) is 0 Å². The first-order valence-electron chi connectivity index (χ1n) is 5.78. The fraction of sp³-hybridized carbons (Fsp3) is 1.00. The average molecular weight is 535 g/mol. The normalized spacial score (nSPS) is 29.7. The first kappa shape index (κ1) is 44.2. The molecule has 1 fully saturated rings. The number of hydrogen-bond acceptors (Lipinski definition) is 9. The minimum absolute atomic E-state index is 0. The Morgan fingerprint density at radius 1 is 0.448 bits per heavy atom. The Kier molecular flexibility index (Phi) is 26.9. The van der Waals surface area contributed by atoms with Gasteiger partial charge in [0.05, 0.1) is 0 Å². The van der Waals surface area contributed by atoms with Crippen molar-refractivity contribution in [1.29, 1.82) is 0 Å². The molecule has 0 saturated heterocycles. The van der Waals surface area contributed by atoms with Gasteiger partial charge in [0.15, 0.2) is 0 Å². The third kappa shape index (κ3) is 16.6. The molecule has 0 aliphatic heterocycles. The zero-order valence-electron chi connectivity index (χ0n) is 16.3. The van der Waals surface area contributed by atoms with E-state index in [-0.39, 0.29) is 148 Å². The van der Waals surface area contributed by atoms with Gasteiger partial charge in [0.1, 0.15) is 36.6 Å². The Morgan fingerprint density at radius 3 is 0.862 bits per heavy atom. The summed E-state index contributed by atoms with van der Waals surface area (Å²) in [4.78, 5) is 52.7. The molecular weight excluding hydrogens is 520 g/mol. The van der Waals surface area contributed by atoms with Crippen LogP contribution in [-0.2, 0) is 27.3 Å². The molecule has 0 bridgehead atoms. The minimum atomic E-state index is -5.48. The van der Waals surface area contributed by atoms with Gasteiger partial charge in [-0.3, -0.25) is 13.6 Å². The molecule has 1 aliphatic rings. The standard InChI is InChI=1S/C6H15O15P3.5Na/c7-1-2(8)4(19-22(10,11)12)6(21-24(16,17)18)5(3(1)9)20-23(13,14)15;;;;;/h1-9H,(H2,10,11,12)(H2,13,14,15)(H2,16,17,18);;;;;/q;5*+1/t1?,2-,3+,4+,5-,6?;;;;;. The van der Waals surface area contributed by atoms with Crippen LogP contribution in [0.25, 0.3) is 0 Å². The summed E-state index contributed by atoms with van der Waals surface area (Å²) in [5, 5.41) is 29.0. The van der Waals surface area contributed by atoms with Crippen molar-refractivity contribution in [3.63, 3.8) is 0 Å². The van der Waals surface area contributed by atoms with Crippen LogP contribution in [0.5, 0.6) is 0 Å². The predicted molar refractivity (Wildman–Crippen MR) is 68.8 cm³/mol. The van der Waals surface area contributed by atoms with E-state index in [0.717, 1.165) is 0 Å². The summed E-state index contributed by atoms with van der Waals surface area (Å²) in [6, 6.07) is 0. The van der Waals surface area contributed by atoms with Crippen molar-refractivity contribution < 1.29 is 220 Å². The molecule has 0 radical (unpaired) electrons. The van der Waals surface area contributed by atoms with Crippen molar-refractivity contribution in [3.05, 3.63) is 0 Å². The van der Waals surface area contributed by atoms with Gasteiger partial charge in [0.25, 0.3) is 0 Å². The third-order valence-corrected chi connectivity index (χ3v) is 4.35. The maximum Gasteiger partial charge on any atom is 1.00 e. The second kappa shape index (κ2) is 17.6. The molecule has 0 heterocycles. The maximum absolute atomic E-state index is 11.0. The Labute approximate surface area is 275 Å². The summed E-state index contributed by atoms with van der Waals surface area (Å²) in [6.45, 7) is 0. The Morgan fingerprint density at radius 2 is 0.655 bits per heavy atom. The van der Waals surface area contributed by atoms with Gasteiger partial charge in [0, 0.05) is 0 Å². The van der Waals surface area contributed by atoms with Crippen molar-refractivity contribution in [2.45, 2.75) is 36.6 Å². The van der Waals surface area contributed by atoms with Gasteiger partial charge in [-0.15, -0.1) is 0 Å². The molecule has 0 amide bonds. The van der Waals surface area contributed by atoms with E-state index < -0.39 is 60.1 Å². The van der Waals surface area contributed by atoms with Crippen LogP contribution in [0.1, 0.15) is 0 Å². The van der Waals surface area contributed by atoms with Crippen molar-refractivity contribution >= 4 is 23.5 Å². The molecule has 0 spiro atoms. The summed E-state index contributed by atoms with van der Waals surface area (Å²) in [6.07, 6.45) is -14.3. The monoisotopic (exact) mass is 535 g/mol. The van der Waals surface area contributed by atoms with Gasteiger partial charge in [-0.1, -0.05) is 0 Å². The smallest absolute Gasteiger partial charge is 0.387 e. The van der Waals surface area contributed by atoms with Gasteiger partial charge in [-0.05, 0) is 0 Å². The van der Waals surface area contributed by atoms with E-state index >= 15 is 0 Å². The third-order valence-electron chi connectivity index (χ3n) is 2.80. The van der Waals surface area contributed by atoms with Crippen LogP contribution in [0, 0.1) is 0 Å². The predicted octanol–water partition coefficient (Wildman–Crippen LogP) is -18.5. The molecule has 0 aromatic heterocycles. The molecule has 15 nitrogen and oxygen atoms in total. The van der Waals surface area contributed by atoms with E-state index in [4.69, 9.17) is 29.4 Å². The van der Waals surface area contributed by atoms with Gasteiger partial charge in [0.2, 0.25) is 0 Å². The van der Waals surface area contributed by atoms with Crippen LogP contribution in [0.2, 0.25) is 0 Å². The molecular formula is C6H15Na5O15P3+5. The van der Waals surface area contributed by atoms with Crippen LogP contribution in [0.3, 0.4) is 0 Å². The van der Waals surface area contributed by atoms with Crippen LogP contribution in [0.15, 0.2) is 0 Å². The molecule has 0 aromatic carbocycles. The van der Waals surface area contributed by atoms with Gasteiger partial charge >= 0.3 is 171 Å². The number of aliphatic hydroxyl groups is 3. The van der Waals surface area contributed by atoms with Gasteiger partial charge < -0.3 is 44.7 Å². The molecule has 9 N–H and O–H groups in total. The van der Waals surface area contributed by atoms with Gasteiger partial charge in [-0.25, -0.2) is 13.7 Å². The quantitative estimate of drug-likeness (QED) is 0.113. The van der Waals surface area contributed by atoms with Crippen LogP contribution >= 0.6 is 23.5 Å². The van der Waals surface area contributed by atoms with Crippen LogP contribution in [-0.4, -0.2) is 81.3 Å². The average Bonchev–Trinajstić information content (AvgIpc) is 2.32. The molecule has 0 aromatic rings. The van der Waals surface area contributed by atoms with E-state index in [1.54, 1.807) is 0 Å². The summed E-state index contributed by atoms with van der Waals surface area (Å²) in [5.41, 5.74) is 0. The van der Waals surface area contributed by atoms with E-state index in [1.165, 1.54) is 0 Å². The fourth-order valence-corrected chi connectivity index (χ4v) is 3.69. The van der Waals surface area contributed by atoms with Crippen molar-refractivity contribution in [2.75, 3.05) is 0 Å². The number of phosphoric ester groups is 3. The fourth-order valence-electron chi connectivity index (χ4n) is 2.01. The van der Waals surface area contributed by atoms with Crippen LogP contribution < -0.4 is 148 Å². The molecule has 1 rings (SSSR count). The topological polar surface area (TPSA) is 261 Å². The summed E-state index contributed by atoms with van der Waals surface area (Å²) >= 11 is 0. The molecule has 2 unspecified atom stereocenters. The van der Waals surface area contributed by atoms with E-state index in [0.29, 0.717) is 0 Å². The zero-order chi connectivity index (χ0) is 19.1. The van der Waals surface area contributed by atoms with Crippen LogP contribution in [0.4, 0.5) is 0 Å². The number of rotatable bonds is 6. The number of aliphatic hydroxyl groups excluding tert-OH is 3. The Balaban J connectivity index is -0.000000384. The number of hydrogen-bond donors (Lipinski definition) is 9. The molecule has 1 saturated carbocycles. The second-order valence-electron chi connectivity index (χ2n) is 4.65. The first-order chi connectivity index (χ1) is 10.5. The van der Waals surface area contributed by atoms with Crippen molar-refractivity contribution in [2.24, 2.45) is 0 Å². The molecule has 1 aliphatic carbocycles. The Bertz CT molecular complexity index is 555. The molecule has 29 heavy (non-hydrogen) atoms. The number of phosphoric acid groups is 3. The van der Waals surface area contributed by atoms with Crippen molar-refractivity contribution in [3.8, 4) is 0 Å². The zero-order valence-corrected chi connectivity index (χ0v) is 29.0. The van der Waals surface area contributed by atoms with E-state index in [1.807, 2.05) is 0 Å². The van der Waals surface area contributed by atoms with Gasteiger partial charge in [-0.2, -0.15) is 0 Å². The summed E-state index contributed by atoms with van der Waals surface area (Å²) in [7, 11) is -16.3. The first-order valence-corrected chi connectivity index (χ1v) is 10.4. The van der Waals surface area contributed by atoms with E-state index in [9.17, 15) is 29.0 Å².